The largest absolute Gasteiger partial charge is 0.330 e. The molecule has 4 nitrogen and oxygen atoms in total. The number of nitriles is 1. The summed E-state index contributed by atoms with van der Waals surface area (Å²) >= 11 is 0. The number of ketones is 1. The second-order valence-electron chi connectivity index (χ2n) is 15.1. The standard InChI is InChI=1S/C31H43N3O/c1-25(2)10-12-30(18-33)13-11-29(7)28(6)9-8-20-26(3,4)24(35)19(17-32)15-27(20,5)21(28)14-23-31(29,34-23)22(30)16-25/h14-15,20,22H,8-13,16,18,33H2,1-7H3/t20-,22+,27-,28+,29-,30+,31+/m0/s1. The van der Waals surface area contributed by atoms with Gasteiger partial charge in [0.25, 0.3) is 0 Å². The van der Waals surface area contributed by atoms with Gasteiger partial charge in [0.2, 0.25) is 0 Å². The number of allylic oxidation sites excluding steroid dienone is 3. The number of aliphatic imine (C=N–C) groups is 1. The van der Waals surface area contributed by atoms with Gasteiger partial charge in [-0.3, -0.25) is 9.79 Å². The Kier molecular flexibility index (Phi) is 4.32. The van der Waals surface area contributed by atoms with Crippen LogP contribution in [0.5, 0.6) is 0 Å². The van der Waals surface area contributed by atoms with Crippen LogP contribution in [0.4, 0.5) is 0 Å². The Labute approximate surface area is 211 Å². The number of hydrogen-bond acceptors (Lipinski definition) is 4. The van der Waals surface area contributed by atoms with Crippen LogP contribution < -0.4 is 5.73 Å². The number of nitrogens with two attached hydrogens (primary N) is 1. The van der Waals surface area contributed by atoms with Crippen LogP contribution in [0, 0.1) is 55.7 Å². The van der Waals surface area contributed by atoms with Gasteiger partial charge in [0, 0.05) is 16.2 Å². The number of fused-ring (bicyclic) bond motifs is 5. The molecule has 3 fully saturated rings. The highest BCUT2D eigenvalue weighted by atomic mass is 16.1. The van der Waals surface area contributed by atoms with Crippen LogP contribution in [0.1, 0.15) is 93.4 Å². The zero-order chi connectivity index (χ0) is 25.4. The number of hydrogen-bond donors (Lipinski definition) is 1. The maximum atomic E-state index is 13.2. The first-order chi connectivity index (χ1) is 16.2. The minimum atomic E-state index is -0.536. The van der Waals surface area contributed by atoms with Gasteiger partial charge in [0.1, 0.15) is 11.6 Å². The summed E-state index contributed by atoms with van der Waals surface area (Å²) < 4.78 is 0. The Balaban J connectivity index is 1.54. The van der Waals surface area contributed by atoms with Crippen molar-refractivity contribution in [3.8, 4) is 6.07 Å². The molecule has 4 heteroatoms. The van der Waals surface area contributed by atoms with E-state index in [0.29, 0.717) is 16.9 Å². The molecule has 5 aliphatic carbocycles. The van der Waals surface area contributed by atoms with E-state index in [4.69, 9.17) is 10.7 Å². The lowest BCUT2D eigenvalue weighted by atomic mass is 9.33. The van der Waals surface area contributed by atoms with Crippen LogP contribution in [0.2, 0.25) is 0 Å². The average Bonchev–Trinajstić information content (AvgIpc) is 3.52. The third kappa shape index (κ3) is 2.43. The van der Waals surface area contributed by atoms with Gasteiger partial charge < -0.3 is 5.73 Å². The van der Waals surface area contributed by atoms with Gasteiger partial charge in [-0.15, -0.1) is 0 Å². The van der Waals surface area contributed by atoms with Gasteiger partial charge in [0.05, 0.1) is 11.3 Å². The zero-order valence-electron chi connectivity index (χ0n) is 22.8. The highest BCUT2D eigenvalue weighted by molar-refractivity contribution is 6.16. The van der Waals surface area contributed by atoms with Crippen LogP contribution >= 0.6 is 0 Å². The van der Waals surface area contributed by atoms with Crippen LogP contribution in [0.3, 0.4) is 0 Å². The van der Waals surface area contributed by atoms with Crippen molar-refractivity contribution in [3.05, 3.63) is 23.3 Å². The van der Waals surface area contributed by atoms with E-state index < -0.39 is 5.41 Å². The molecule has 6 rings (SSSR count). The van der Waals surface area contributed by atoms with Gasteiger partial charge in [-0.1, -0.05) is 60.1 Å². The van der Waals surface area contributed by atoms with Gasteiger partial charge in [0.15, 0.2) is 5.78 Å². The van der Waals surface area contributed by atoms with Crippen molar-refractivity contribution < 1.29 is 4.79 Å². The molecular weight excluding hydrogens is 430 g/mol. The molecule has 0 amide bonds. The van der Waals surface area contributed by atoms with Crippen LogP contribution in [-0.4, -0.2) is 23.6 Å². The molecule has 1 spiro atoms. The van der Waals surface area contributed by atoms with Gasteiger partial charge in [-0.2, -0.15) is 5.26 Å². The highest BCUT2D eigenvalue weighted by Gasteiger charge is 2.78. The van der Waals surface area contributed by atoms with Crippen LogP contribution in [0.25, 0.3) is 0 Å². The monoisotopic (exact) mass is 473 g/mol. The molecule has 0 saturated heterocycles. The molecule has 0 aromatic heterocycles. The lowest BCUT2D eigenvalue weighted by molar-refractivity contribution is -0.139. The molecule has 2 N–H and O–H groups in total. The summed E-state index contributed by atoms with van der Waals surface area (Å²) in [4.78, 5) is 18.7. The van der Waals surface area contributed by atoms with Crippen molar-refractivity contribution in [1.29, 1.82) is 5.26 Å². The molecule has 3 saturated carbocycles. The molecule has 0 radical (unpaired) electrons. The van der Waals surface area contributed by atoms with Gasteiger partial charge >= 0.3 is 0 Å². The van der Waals surface area contributed by atoms with E-state index >= 15 is 0 Å². The third-order valence-electron chi connectivity index (χ3n) is 12.9. The Morgan fingerprint density at radius 2 is 1.71 bits per heavy atom. The fraction of sp³-hybridized carbons (Fsp3) is 0.774. The molecule has 188 valence electrons. The van der Waals surface area contributed by atoms with E-state index in [1.54, 1.807) is 0 Å². The molecule has 0 unspecified atom stereocenters. The van der Waals surface area contributed by atoms with E-state index in [0.717, 1.165) is 25.8 Å². The van der Waals surface area contributed by atoms with E-state index in [-0.39, 0.29) is 38.9 Å². The first-order valence-electron chi connectivity index (χ1n) is 13.9. The molecular formula is C31H43N3O. The third-order valence-corrected chi connectivity index (χ3v) is 12.9. The SMILES string of the molecule is CC1(C)CC[C@]2(CN)CC[C@@]3(C)[C@]4(C)CC[C@H]5C(C)(C)C(=O)C(C#N)=C[C@]5(C)C4=CC4=N[C@]43[C@@H]2C1. The maximum absolute atomic E-state index is 13.2. The zero-order valence-corrected chi connectivity index (χ0v) is 22.8. The first-order valence-corrected chi connectivity index (χ1v) is 13.9. The molecule has 0 aromatic carbocycles. The van der Waals surface area contributed by atoms with Crippen molar-refractivity contribution in [2.45, 2.75) is 99.0 Å². The van der Waals surface area contributed by atoms with E-state index in [9.17, 15) is 10.1 Å². The quantitative estimate of drug-likeness (QED) is 0.494. The van der Waals surface area contributed by atoms with Crippen molar-refractivity contribution in [2.24, 2.45) is 55.1 Å². The van der Waals surface area contributed by atoms with Crippen molar-refractivity contribution in [3.63, 3.8) is 0 Å². The fourth-order valence-corrected chi connectivity index (χ4v) is 10.5. The topological polar surface area (TPSA) is 79.2 Å². The summed E-state index contributed by atoms with van der Waals surface area (Å²) in [6.07, 6.45) is 12.6. The maximum Gasteiger partial charge on any atom is 0.178 e. The van der Waals surface area contributed by atoms with Crippen molar-refractivity contribution in [1.82, 2.24) is 0 Å². The van der Waals surface area contributed by atoms with Crippen LogP contribution in [-0.2, 0) is 4.79 Å². The van der Waals surface area contributed by atoms with E-state index in [1.807, 2.05) is 6.08 Å². The molecule has 0 bridgehead atoms. The summed E-state index contributed by atoms with van der Waals surface area (Å²) in [7, 11) is 0. The summed E-state index contributed by atoms with van der Waals surface area (Å²) in [6.45, 7) is 17.1. The van der Waals surface area contributed by atoms with Crippen LogP contribution in [0.15, 0.2) is 28.3 Å². The Bertz CT molecular complexity index is 1180. The number of Topliss-reactive ketones (excluding diaryl/α,β-unsaturated/α-hetero) is 1. The first kappa shape index (κ1) is 23.7. The minimum absolute atomic E-state index is 0.0154. The molecule has 35 heavy (non-hydrogen) atoms. The smallest absolute Gasteiger partial charge is 0.178 e. The number of carbonyl (C=O) groups excluding carboxylic acids is 1. The summed E-state index contributed by atoms with van der Waals surface area (Å²) in [6, 6.07) is 2.26. The van der Waals surface area contributed by atoms with Crippen molar-refractivity contribution >= 4 is 11.5 Å². The van der Waals surface area contributed by atoms with E-state index in [2.05, 4.69) is 60.6 Å². The van der Waals surface area contributed by atoms with Gasteiger partial charge in [-0.05, 0) is 85.6 Å². The second kappa shape index (κ2) is 6.39. The predicted molar refractivity (Wildman–Crippen MR) is 140 cm³/mol. The van der Waals surface area contributed by atoms with E-state index in [1.165, 1.54) is 37.0 Å². The molecule has 7 atom stereocenters. The number of carbonyl (C=O) groups is 1. The molecule has 1 aliphatic heterocycles. The van der Waals surface area contributed by atoms with Gasteiger partial charge in [-0.25, -0.2) is 0 Å². The normalized spacial score (nSPS) is 50.6. The Hall–Kier alpha value is -1.73. The Morgan fingerprint density at radius 1 is 1.03 bits per heavy atom. The molecule has 0 aromatic rings. The number of nitrogens with zero attached hydrogens (tertiary/aromatic N) is 2. The summed E-state index contributed by atoms with van der Waals surface area (Å²) in [5, 5.41) is 9.90. The molecule has 6 aliphatic rings. The predicted octanol–water partition coefficient (Wildman–Crippen LogP) is 6.17. The lowest BCUT2D eigenvalue weighted by Gasteiger charge is -2.69. The second-order valence-corrected chi connectivity index (χ2v) is 15.1. The fourth-order valence-electron chi connectivity index (χ4n) is 10.5. The van der Waals surface area contributed by atoms with Crippen molar-refractivity contribution in [2.75, 3.05) is 6.54 Å². The molecule has 1 heterocycles. The Morgan fingerprint density at radius 3 is 2.37 bits per heavy atom. The summed E-state index contributed by atoms with van der Waals surface area (Å²) in [5.74, 6) is 0.726. The summed E-state index contributed by atoms with van der Waals surface area (Å²) in [5.41, 5.74) is 9.28. The minimum Gasteiger partial charge on any atom is -0.330 e. The highest BCUT2D eigenvalue weighted by Crippen LogP contribution is 2.79. The lowest BCUT2D eigenvalue weighted by Crippen LogP contribution is -2.69. The average molecular weight is 474 g/mol. The number of rotatable bonds is 1.